The lowest BCUT2D eigenvalue weighted by Crippen LogP contribution is -2.08. The number of nitrogens with zero attached hydrogens (tertiary/aromatic N) is 2. The van der Waals surface area contributed by atoms with Gasteiger partial charge in [0.2, 0.25) is 5.43 Å². The van der Waals surface area contributed by atoms with E-state index in [1.54, 1.807) is 0 Å². The van der Waals surface area contributed by atoms with Gasteiger partial charge in [0.05, 0.1) is 10.9 Å². The highest BCUT2D eigenvalue weighted by Gasteiger charge is 2.12. The molecule has 0 fully saturated rings. The second-order valence-electron chi connectivity index (χ2n) is 3.95. The molecule has 0 spiro atoms. The number of fused-ring (bicyclic) bond motifs is 2. The summed E-state index contributed by atoms with van der Waals surface area (Å²) in [7, 11) is 1.92. The SMILES string of the molecule is Cc1[nH]nc2c1c(=O)c1ccccc1n2C. The lowest BCUT2D eigenvalue weighted by atomic mass is 10.1. The fraction of sp³-hybridized carbons (Fsp3) is 0.167. The molecular weight excluding hydrogens is 202 g/mol. The number of pyridine rings is 1. The Balaban J connectivity index is 2.75. The van der Waals surface area contributed by atoms with Crippen molar-refractivity contribution in [2.24, 2.45) is 7.05 Å². The third-order valence-corrected chi connectivity index (χ3v) is 2.98. The molecule has 4 heteroatoms. The molecule has 0 aliphatic heterocycles. The predicted molar refractivity (Wildman–Crippen MR) is 63.6 cm³/mol. The summed E-state index contributed by atoms with van der Waals surface area (Å²) in [6.45, 7) is 1.87. The Morgan fingerprint density at radius 2 is 2.06 bits per heavy atom. The van der Waals surface area contributed by atoms with Crippen LogP contribution in [0.1, 0.15) is 5.69 Å². The molecule has 0 saturated heterocycles. The lowest BCUT2D eigenvalue weighted by Gasteiger charge is -2.05. The highest BCUT2D eigenvalue weighted by molar-refractivity contribution is 5.92. The molecular formula is C12H11N3O. The van der Waals surface area contributed by atoms with Crippen LogP contribution in [0.15, 0.2) is 29.1 Å². The third kappa shape index (κ3) is 0.984. The van der Waals surface area contributed by atoms with E-state index < -0.39 is 0 Å². The molecule has 4 nitrogen and oxygen atoms in total. The normalized spacial score (nSPS) is 11.4. The van der Waals surface area contributed by atoms with E-state index in [1.807, 2.05) is 42.8 Å². The highest BCUT2D eigenvalue weighted by Crippen LogP contribution is 2.17. The molecule has 16 heavy (non-hydrogen) atoms. The van der Waals surface area contributed by atoms with Crippen LogP contribution in [0.3, 0.4) is 0 Å². The predicted octanol–water partition coefficient (Wildman–Crippen LogP) is 1.72. The van der Waals surface area contributed by atoms with Gasteiger partial charge in [-0.05, 0) is 19.1 Å². The number of aromatic amines is 1. The fourth-order valence-electron chi connectivity index (χ4n) is 2.14. The van der Waals surface area contributed by atoms with Gasteiger partial charge in [-0.3, -0.25) is 9.89 Å². The summed E-state index contributed by atoms with van der Waals surface area (Å²) < 4.78 is 1.94. The van der Waals surface area contributed by atoms with Crippen LogP contribution in [-0.4, -0.2) is 14.8 Å². The van der Waals surface area contributed by atoms with Gasteiger partial charge in [0, 0.05) is 18.1 Å². The summed E-state index contributed by atoms with van der Waals surface area (Å²) in [5, 5.41) is 8.45. The molecule has 1 N–H and O–H groups in total. The Morgan fingerprint density at radius 3 is 2.88 bits per heavy atom. The standard InChI is InChI=1S/C12H11N3O/c1-7-10-11(16)8-5-3-4-6-9(8)15(2)12(10)14-13-7/h3-6H,1-2H3,(H,13,14). The van der Waals surface area contributed by atoms with E-state index in [2.05, 4.69) is 10.2 Å². The number of H-pyrrole nitrogens is 1. The van der Waals surface area contributed by atoms with E-state index in [4.69, 9.17) is 0 Å². The van der Waals surface area contributed by atoms with Crippen LogP contribution in [0.2, 0.25) is 0 Å². The quantitative estimate of drug-likeness (QED) is 0.618. The summed E-state index contributed by atoms with van der Waals surface area (Å²) in [6, 6.07) is 7.59. The average molecular weight is 213 g/mol. The molecule has 3 rings (SSSR count). The van der Waals surface area contributed by atoms with Crippen LogP contribution in [0, 0.1) is 6.92 Å². The zero-order valence-corrected chi connectivity index (χ0v) is 9.11. The summed E-state index contributed by atoms with van der Waals surface area (Å²) in [4.78, 5) is 12.2. The molecule has 3 aromatic rings. The van der Waals surface area contributed by atoms with Gasteiger partial charge < -0.3 is 4.57 Å². The number of aromatic nitrogens is 3. The molecule has 0 aliphatic carbocycles. The molecule has 0 atom stereocenters. The van der Waals surface area contributed by atoms with Gasteiger partial charge in [0.15, 0.2) is 5.65 Å². The van der Waals surface area contributed by atoms with Crippen LogP contribution >= 0.6 is 0 Å². The first-order valence-electron chi connectivity index (χ1n) is 5.12. The molecule has 80 valence electrons. The van der Waals surface area contributed by atoms with E-state index in [1.165, 1.54) is 0 Å². The van der Waals surface area contributed by atoms with Gasteiger partial charge in [-0.15, -0.1) is 0 Å². The van der Waals surface area contributed by atoms with E-state index in [0.29, 0.717) is 11.0 Å². The second-order valence-corrected chi connectivity index (χ2v) is 3.95. The van der Waals surface area contributed by atoms with Gasteiger partial charge in [-0.1, -0.05) is 12.1 Å². The first kappa shape index (κ1) is 9.15. The fourth-order valence-corrected chi connectivity index (χ4v) is 2.14. The zero-order valence-electron chi connectivity index (χ0n) is 9.11. The number of para-hydroxylation sites is 1. The maximum absolute atomic E-state index is 12.2. The third-order valence-electron chi connectivity index (χ3n) is 2.98. The van der Waals surface area contributed by atoms with Crippen molar-refractivity contribution in [3.05, 3.63) is 40.2 Å². The Bertz CT molecular complexity index is 752. The first-order valence-corrected chi connectivity index (χ1v) is 5.12. The highest BCUT2D eigenvalue weighted by atomic mass is 16.1. The van der Waals surface area contributed by atoms with Gasteiger partial charge in [-0.25, -0.2) is 0 Å². The number of aryl methyl sites for hydroxylation is 2. The maximum atomic E-state index is 12.2. The summed E-state index contributed by atoms with van der Waals surface area (Å²) in [5.41, 5.74) is 2.49. The van der Waals surface area contributed by atoms with Gasteiger partial charge in [0.25, 0.3) is 0 Å². The van der Waals surface area contributed by atoms with Crippen molar-refractivity contribution >= 4 is 21.9 Å². The Kier molecular flexibility index (Phi) is 1.68. The molecule has 2 aromatic heterocycles. The van der Waals surface area contributed by atoms with E-state index in [-0.39, 0.29) is 5.43 Å². The van der Waals surface area contributed by atoms with Crippen LogP contribution in [-0.2, 0) is 7.05 Å². The van der Waals surface area contributed by atoms with E-state index in [0.717, 1.165) is 16.6 Å². The van der Waals surface area contributed by atoms with Gasteiger partial charge in [-0.2, -0.15) is 5.10 Å². The van der Waals surface area contributed by atoms with Crippen LogP contribution in [0.5, 0.6) is 0 Å². The van der Waals surface area contributed by atoms with Crippen molar-refractivity contribution in [3.63, 3.8) is 0 Å². The Morgan fingerprint density at radius 1 is 1.31 bits per heavy atom. The zero-order chi connectivity index (χ0) is 11.3. The minimum absolute atomic E-state index is 0.0509. The number of hydrogen-bond acceptors (Lipinski definition) is 2. The molecule has 0 saturated carbocycles. The van der Waals surface area contributed by atoms with Crippen LogP contribution < -0.4 is 5.43 Å². The summed E-state index contributed by atoms with van der Waals surface area (Å²) in [6.07, 6.45) is 0. The van der Waals surface area contributed by atoms with Gasteiger partial charge >= 0.3 is 0 Å². The number of hydrogen-bond donors (Lipinski definition) is 1. The minimum Gasteiger partial charge on any atom is -0.327 e. The molecule has 0 unspecified atom stereocenters. The largest absolute Gasteiger partial charge is 0.327 e. The van der Waals surface area contributed by atoms with Crippen molar-refractivity contribution in [2.75, 3.05) is 0 Å². The summed E-state index contributed by atoms with van der Waals surface area (Å²) >= 11 is 0. The number of rotatable bonds is 0. The van der Waals surface area contributed by atoms with E-state index in [9.17, 15) is 4.79 Å². The summed E-state index contributed by atoms with van der Waals surface area (Å²) in [5.74, 6) is 0. The van der Waals surface area contributed by atoms with Crippen LogP contribution in [0.4, 0.5) is 0 Å². The second kappa shape index (κ2) is 2.95. The van der Waals surface area contributed by atoms with E-state index >= 15 is 0 Å². The van der Waals surface area contributed by atoms with Crippen molar-refractivity contribution in [1.82, 2.24) is 14.8 Å². The van der Waals surface area contributed by atoms with Crippen molar-refractivity contribution in [3.8, 4) is 0 Å². The molecule has 2 heterocycles. The molecule has 0 aliphatic rings. The number of benzene rings is 1. The molecule has 0 bridgehead atoms. The average Bonchev–Trinajstić information content (AvgIpc) is 2.69. The van der Waals surface area contributed by atoms with Crippen LogP contribution in [0.25, 0.3) is 21.9 Å². The Hall–Kier alpha value is -2.10. The van der Waals surface area contributed by atoms with Crippen molar-refractivity contribution in [1.29, 1.82) is 0 Å². The molecule has 1 aromatic carbocycles. The molecule has 0 radical (unpaired) electrons. The Labute approximate surface area is 91.5 Å². The van der Waals surface area contributed by atoms with Crippen molar-refractivity contribution < 1.29 is 0 Å². The topological polar surface area (TPSA) is 50.7 Å². The smallest absolute Gasteiger partial charge is 0.200 e. The minimum atomic E-state index is 0.0509. The maximum Gasteiger partial charge on any atom is 0.200 e. The van der Waals surface area contributed by atoms with Gasteiger partial charge in [0.1, 0.15) is 0 Å². The first-order chi connectivity index (χ1) is 7.70. The lowest BCUT2D eigenvalue weighted by molar-refractivity contribution is 0.952. The number of nitrogens with one attached hydrogen (secondary N) is 1. The molecule has 0 amide bonds. The monoisotopic (exact) mass is 213 g/mol. The van der Waals surface area contributed by atoms with Crippen molar-refractivity contribution in [2.45, 2.75) is 6.92 Å².